The second kappa shape index (κ2) is 4.81. The number of hydrogen-bond donors (Lipinski definition) is 0. The highest BCUT2D eigenvalue weighted by atomic mass is 32.3. The van der Waals surface area contributed by atoms with Crippen LogP contribution < -0.4 is 4.57 Å². The Morgan fingerprint density at radius 3 is 2.38 bits per heavy atom. The highest BCUT2D eigenvalue weighted by molar-refractivity contribution is 7.80. The summed E-state index contributed by atoms with van der Waals surface area (Å²) in [4.78, 5) is 0. The van der Waals surface area contributed by atoms with E-state index in [0.717, 1.165) is 10.2 Å². The Kier molecular flexibility index (Phi) is 3.89. The fourth-order valence-corrected chi connectivity index (χ4v) is 1.95. The third kappa shape index (κ3) is 3.80. The van der Waals surface area contributed by atoms with E-state index in [1.807, 2.05) is 24.3 Å². The van der Waals surface area contributed by atoms with Crippen LogP contribution in [0.4, 0.5) is 8.28 Å². The molecule has 0 aliphatic heterocycles. The maximum Gasteiger partial charge on any atom is 0.421 e. The third-order valence-corrected chi connectivity index (χ3v) is 2.69. The summed E-state index contributed by atoms with van der Waals surface area (Å²) in [7, 11) is -3.69. The van der Waals surface area contributed by atoms with E-state index in [9.17, 15) is 8.28 Å². The van der Waals surface area contributed by atoms with Crippen LogP contribution in [-0.4, -0.2) is 13.0 Å². The first-order chi connectivity index (χ1) is 7.29. The van der Waals surface area contributed by atoms with Crippen molar-refractivity contribution in [2.24, 2.45) is 7.05 Å². The monoisotopic (exact) mass is 267 g/mol. The van der Waals surface area contributed by atoms with Crippen LogP contribution in [0, 0.1) is 5.26 Å². The number of nitrogens with zero attached hydrogens (tertiary/aromatic N) is 1. The Morgan fingerprint density at radius 1 is 1.38 bits per heavy atom. The molecule has 0 spiro atoms. The molecule has 0 amide bonds. The minimum atomic E-state index is -5.42. The van der Waals surface area contributed by atoms with Crippen molar-refractivity contribution in [1.82, 2.24) is 0 Å². The Labute approximate surface area is 94.8 Å². The summed E-state index contributed by atoms with van der Waals surface area (Å²) < 4.78 is 50.8. The molecule has 2 aromatic rings. The van der Waals surface area contributed by atoms with Crippen molar-refractivity contribution in [2.45, 2.75) is 0 Å². The molecule has 16 heavy (non-hydrogen) atoms. The first-order valence-corrected chi connectivity index (χ1v) is 6.10. The average Bonchev–Trinajstić information content (AvgIpc) is 2.41. The zero-order chi connectivity index (χ0) is 12.3. The minimum absolute atomic E-state index is 0.147. The Hall–Kier alpha value is -1.12. The lowest BCUT2D eigenvalue weighted by atomic mass is 10.3. The standard InChI is InChI=1S/C8H7FNS.FHO3S/c1-10-6-4-2-3-5-7(6)11-8(10)9;1-5(2,3)4/h2-5H,1H3;(H,2,3,4)/q+1;/p-1. The van der Waals surface area contributed by atoms with Gasteiger partial charge < -0.3 is 4.55 Å². The molecule has 0 atom stereocenters. The van der Waals surface area contributed by atoms with Crippen LogP contribution in [0.5, 0.6) is 0 Å². The lowest BCUT2D eigenvalue weighted by Gasteiger charge is -1.84. The number of benzene rings is 1. The van der Waals surface area contributed by atoms with Crippen molar-refractivity contribution in [3.8, 4) is 0 Å². The molecule has 0 saturated carbocycles. The number of halogens is 2. The van der Waals surface area contributed by atoms with Gasteiger partial charge in [0.05, 0.1) is 0 Å². The van der Waals surface area contributed by atoms with E-state index in [1.54, 1.807) is 11.6 Å². The zero-order valence-corrected chi connectivity index (χ0v) is 9.69. The van der Waals surface area contributed by atoms with Crippen LogP contribution in [0.15, 0.2) is 24.3 Å². The maximum atomic E-state index is 12.9. The van der Waals surface area contributed by atoms with E-state index in [-0.39, 0.29) is 5.26 Å². The number of fused-ring (bicyclic) bond motifs is 1. The van der Waals surface area contributed by atoms with Crippen LogP contribution in [0.3, 0.4) is 0 Å². The number of thiazole rings is 1. The van der Waals surface area contributed by atoms with Crippen molar-refractivity contribution in [3.63, 3.8) is 0 Å². The van der Waals surface area contributed by atoms with Gasteiger partial charge in [-0.3, -0.25) is 0 Å². The molecule has 88 valence electrons. The van der Waals surface area contributed by atoms with Gasteiger partial charge in [-0.05, 0) is 17.4 Å². The van der Waals surface area contributed by atoms with E-state index >= 15 is 0 Å². The van der Waals surface area contributed by atoms with Gasteiger partial charge in [0.1, 0.15) is 11.7 Å². The van der Waals surface area contributed by atoms with E-state index in [0.29, 0.717) is 0 Å². The predicted octanol–water partition coefficient (Wildman–Crippen LogP) is 1.28. The summed E-state index contributed by atoms with van der Waals surface area (Å²) >= 11 is 1.18. The molecule has 8 heteroatoms. The molecule has 0 unspecified atom stereocenters. The fraction of sp³-hybridized carbons (Fsp3) is 0.125. The third-order valence-electron chi connectivity index (χ3n) is 1.68. The normalized spacial score (nSPS) is 11.0. The first-order valence-electron chi connectivity index (χ1n) is 3.97. The number of rotatable bonds is 0. The zero-order valence-electron chi connectivity index (χ0n) is 8.05. The number of aromatic nitrogens is 1. The number of para-hydroxylation sites is 1. The molecule has 0 bridgehead atoms. The van der Waals surface area contributed by atoms with Crippen LogP contribution in [0.2, 0.25) is 0 Å². The van der Waals surface area contributed by atoms with Crippen LogP contribution in [-0.2, 0) is 17.6 Å². The average molecular weight is 267 g/mol. The maximum absolute atomic E-state index is 12.9. The van der Waals surface area contributed by atoms with Crippen LogP contribution >= 0.6 is 11.3 Å². The number of aryl methyl sites for hydroxylation is 1. The molecular formula is C8H7F2NO3S2. The van der Waals surface area contributed by atoms with Crippen molar-refractivity contribution in [1.29, 1.82) is 0 Å². The van der Waals surface area contributed by atoms with E-state index in [1.165, 1.54) is 11.3 Å². The first kappa shape index (κ1) is 12.9. The van der Waals surface area contributed by atoms with Crippen LogP contribution in [0.25, 0.3) is 10.2 Å². The molecule has 1 aromatic carbocycles. The molecule has 0 saturated heterocycles. The van der Waals surface area contributed by atoms with Gasteiger partial charge in [-0.1, -0.05) is 12.1 Å². The predicted molar refractivity (Wildman–Crippen MR) is 53.8 cm³/mol. The van der Waals surface area contributed by atoms with Gasteiger partial charge in [0.2, 0.25) is 5.52 Å². The number of hydrogen-bond acceptors (Lipinski definition) is 4. The van der Waals surface area contributed by atoms with Gasteiger partial charge in [0, 0.05) is 6.07 Å². The fourth-order valence-electron chi connectivity index (χ4n) is 1.07. The Bertz CT molecular complexity index is 586. The summed E-state index contributed by atoms with van der Waals surface area (Å²) in [5, 5.41) is -0.147. The quantitative estimate of drug-likeness (QED) is 0.410. The molecule has 0 aliphatic carbocycles. The molecule has 1 heterocycles. The molecule has 0 radical (unpaired) electrons. The summed E-state index contributed by atoms with van der Waals surface area (Å²) in [6, 6.07) is 7.66. The van der Waals surface area contributed by atoms with Gasteiger partial charge in [-0.25, -0.2) is 8.42 Å². The largest absolute Gasteiger partial charge is 0.722 e. The van der Waals surface area contributed by atoms with Crippen molar-refractivity contribution in [2.75, 3.05) is 0 Å². The Morgan fingerprint density at radius 2 is 1.88 bits per heavy atom. The molecule has 0 fully saturated rings. The van der Waals surface area contributed by atoms with E-state index < -0.39 is 10.5 Å². The van der Waals surface area contributed by atoms with E-state index in [4.69, 9.17) is 13.0 Å². The Balaban J connectivity index is 0.000000221. The van der Waals surface area contributed by atoms with Crippen molar-refractivity contribution >= 4 is 32.1 Å². The molecule has 1 aromatic heterocycles. The molecule has 4 nitrogen and oxygen atoms in total. The smallest absolute Gasteiger partial charge is 0.421 e. The highest BCUT2D eigenvalue weighted by Gasteiger charge is 2.14. The van der Waals surface area contributed by atoms with Crippen molar-refractivity contribution in [3.05, 3.63) is 29.5 Å². The summed E-state index contributed by atoms with van der Waals surface area (Å²) in [6.07, 6.45) is 0. The van der Waals surface area contributed by atoms with Gasteiger partial charge in [-0.2, -0.15) is 4.57 Å². The topological polar surface area (TPSA) is 61.1 Å². The van der Waals surface area contributed by atoms with Crippen molar-refractivity contribution < 1.29 is 25.8 Å². The highest BCUT2D eigenvalue weighted by Crippen LogP contribution is 2.17. The van der Waals surface area contributed by atoms with Gasteiger partial charge in [0.15, 0.2) is 0 Å². The lowest BCUT2D eigenvalue weighted by Crippen LogP contribution is -2.29. The molecule has 0 aliphatic rings. The van der Waals surface area contributed by atoms with Gasteiger partial charge in [0.25, 0.3) is 10.5 Å². The summed E-state index contributed by atoms with van der Waals surface area (Å²) in [5.41, 5.74) is 0.954. The van der Waals surface area contributed by atoms with Gasteiger partial charge >= 0.3 is 5.26 Å². The second-order valence-electron chi connectivity index (χ2n) is 2.77. The second-order valence-corrected chi connectivity index (χ2v) is 4.54. The van der Waals surface area contributed by atoms with Crippen LogP contribution in [0.1, 0.15) is 0 Å². The summed E-state index contributed by atoms with van der Waals surface area (Å²) in [5.74, 6) is 0. The minimum Gasteiger partial charge on any atom is -0.722 e. The van der Waals surface area contributed by atoms with E-state index in [2.05, 4.69) is 0 Å². The van der Waals surface area contributed by atoms with Gasteiger partial charge in [-0.15, -0.1) is 8.28 Å². The SMILES string of the molecule is C[n+]1c(F)sc2ccccc21.O=S(=O)([O-])F. The molecular weight excluding hydrogens is 260 g/mol. The molecule has 2 rings (SSSR count). The molecule has 0 N–H and O–H groups in total. The lowest BCUT2D eigenvalue weighted by molar-refractivity contribution is -0.668. The summed E-state index contributed by atoms with van der Waals surface area (Å²) in [6.45, 7) is 0.